The number of phenolic OH excluding ortho intramolecular Hbond substituents is 1. The van der Waals surface area contributed by atoms with E-state index < -0.39 is 5.54 Å². The minimum atomic E-state index is -0.520. The number of carbonyl (C=O) groups excluding carboxylic acids is 2. The number of nitrogens with one attached hydrogen (secondary N) is 3. The van der Waals surface area contributed by atoms with Crippen molar-refractivity contribution in [3.8, 4) is 5.75 Å². The molecule has 2 aliphatic carbocycles. The highest BCUT2D eigenvalue weighted by atomic mass is 16.3. The van der Waals surface area contributed by atoms with Crippen molar-refractivity contribution >= 4 is 22.7 Å². The molecule has 0 spiro atoms. The first kappa shape index (κ1) is 16.9. The topological polar surface area (TPSA) is 112 Å². The summed E-state index contributed by atoms with van der Waals surface area (Å²) in [5, 5.41) is 20.6. The van der Waals surface area contributed by atoms with Crippen LogP contribution in [0.5, 0.6) is 5.75 Å². The Bertz CT molecular complexity index is 1050. The highest BCUT2D eigenvalue weighted by Gasteiger charge is 2.53. The SMILES string of the molecule is O=C(NC1CC(NC(=O)C2(n3cccn3)CC2)C1)c1cc2cc(O)ccc2[nH]1. The second-order valence-electron chi connectivity index (χ2n) is 7.75. The zero-order valence-corrected chi connectivity index (χ0v) is 15.2. The summed E-state index contributed by atoms with van der Waals surface area (Å²) < 4.78 is 1.74. The standard InChI is InChI=1S/C20H21N5O3/c26-15-2-3-16-12(8-15)9-17(24-16)18(27)22-13-10-14(11-13)23-19(28)20(4-5-20)25-7-1-6-21-25/h1-3,6-9,13-14,24,26H,4-5,10-11H2,(H,22,27)(H,23,28). The molecule has 0 unspecified atom stereocenters. The van der Waals surface area contributed by atoms with Gasteiger partial charge in [-0.3, -0.25) is 14.3 Å². The van der Waals surface area contributed by atoms with Crippen molar-refractivity contribution in [2.75, 3.05) is 0 Å². The van der Waals surface area contributed by atoms with Crippen LogP contribution < -0.4 is 10.6 Å². The third-order valence-corrected chi connectivity index (χ3v) is 5.75. The molecule has 28 heavy (non-hydrogen) atoms. The van der Waals surface area contributed by atoms with Crippen molar-refractivity contribution < 1.29 is 14.7 Å². The fourth-order valence-corrected chi connectivity index (χ4v) is 3.88. The van der Waals surface area contributed by atoms with E-state index in [0.29, 0.717) is 18.5 Å². The lowest BCUT2D eigenvalue weighted by Crippen LogP contribution is -2.56. The molecule has 1 aromatic carbocycles. The van der Waals surface area contributed by atoms with E-state index in [-0.39, 0.29) is 29.6 Å². The van der Waals surface area contributed by atoms with E-state index in [1.54, 1.807) is 35.1 Å². The van der Waals surface area contributed by atoms with Gasteiger partial charge in [-0.1, -0.05) is 0 Å². The van der Waals surface area contributed by atoms with Gasteiger partial charge in [0.15, 0.2) is 0 Å². The molecule has 0 bridgehead atoms. The zero-order valence-electron chi connectivity index (χ0n) is 15.2. The van der Waals surface area contributed by atoms with E-state index >= 15 is 0 Å². The smallest absolute Gasteiger partial charge is 0.267 e. The van der Waals surface area contributed by atoms with Crippen LogP contribution in [0.1, 0.15) is 36.2 Å². The van der Waals surface area contributed by atoms with Crippen LogP contribution in [0, 0.1) is 0 Å². The molecule has 2 fully saturated rings. The minimum Gasteiger partial charge on any atom is -0.508 e. The van der Waals surface area contributed by atoms with E-state index in [1.165, 1.54) is 0 Å². The summed E-state index contributed by atoms with van der Waals surface area (Å²) in [6, 6.07) is 8.60. The van der Waals surface area contributed by atoms with E-state index in [0.717, 1.165) is 23.7 Å². The average Bonchev–Trinajstić information content (AvgIpc) is 3.08. The Kier molecular flexibility index (Phi) is 3.68. The maximum atomic E-state index is 12.6. The van der Waals surface area contributed by atoms with Crippen molar-refractivity contribution in [1.82, 2.24) is 25.4 Å². The number of rotatable bonds is 5. The largest absolute Gasteiger partial charge is 0.508 e. The summed E-state index contributed by atoms with van der Waals surface area (Å²) in [4.78, 5) is 28.1. The van der Waals surface area contributed by atoms with Gasteiger partial charge < -0.3 is 20.7 Å². The number of H-pyrrole nitrogens is 1. The van der Waals surface area contributed by atoms with E-state index in [9.17, 15) is 14.7 Å². The quantitative estimate of drug-likeness (QED) is 0.540. The number of aromatic nitrogens is 3. The first-order chi connectivity index (χ1) is 13.5. The lowest BCUT2D eigenvalue weighted by atomic mass is 9.86. The molecule has 0 aliphatic heterocycles. The average molecular weight is 379 g/mol. The Hall–Kier alpha value is -3.29. The molecule has 8 nitrogen and oxygen atoms in total. The number of nitrogens with zero attached hydrogens (tertiary/aromatic N) is 2. The van der Waals surface area contributed by atoms with Gasteiger partial charge in [-0.05, 0) is 56.0 Å². The number of fused-ring (bicyclic) bond motifs is 1. The van der Waals surface area contributed by atoms with Gasteiger partial charge >= 0.3 is 0 Å². The molecule has 2 aliphatic rings. The molecule has 8 heteroatoms. The molecule has 4 N–H and O–H groups in total. The van der Waals surface area contributed by atoms with Crippen LogP contribution >= 0.6 is 0 Å². The van der Waals surface area contributed by atoms with Gasteiger partial charge in [0, 0.05) is 35.4 Å². The first-order valence-corrected chi connectivity index (χ1v) is 9.47. The maximum Gasteiger partial charge on any atom is 0.267 e. The number of phenols is 1. The maximum absolute atomic E-state index is 12.6. The summed E-state index contributed by atoms with van der Waals surface area (Å²) in [6.45, 7) is 0. The van der Waals surface area contributed by atoms with Crippen LogP contribution in [0.2, 0.25) is 0 Å². The predicted molar refractivity (Wildman–Crippen MR) is 102 cm³/mol. The van der Waals surface area contributed by atoms with Crippen molar-refractivity contribution in [2.45, 2.75) is 43.3 Å². The van der Waals surface area contributed by atoms with Crippen LogP contribution in [0.4, 0.5) is 0 Å². The third kappa shape index (κ3) is 2.81. The predicted octanol–water partition coefficient (Wildman–Crippen LogP) is 1.64. The molecule has 2 amide bonds. The highest BCUT2D eigenvalue weighted by Crippen LogP contribution is 2.43. The third-order valence-electron chi connectivity index (χ3n) is 5.75. The lowest BCUT2D eigenvalue weighted by molar-refractivity contribution is -0.127. The van der Waals surface area contributed by atoms with Crippen LogP contribution in [0.25, 0.3) is 10.9 Å². The molecule has 0 saturated heterocycles. The fourth-order valence-electron chi connectivity index (χ4n) is 3.88. The number of aromatic amines is 1. The van der Waals surface area contributed by atoms with Crippen LogP contribution in [-0.2, 0) is 10.3 Å². The normalized spacial score (nSPS) is 22.4. The van der Waals surface area contributed by atoms with Crippen molar-refractivity contribution in [2.24, 2.45) is 0 Å². The summed E-state index contributed by atoms with van der Waals surface area (Å²) in [5.74, 6) is 0.00153. The first-order valence-electron chi connectivity index (χ1n) is 9.47. The Balaban J connectivity index is 1.15. The van der Waals surface area contributed by atoms with E-state index in [4.69, 9.17) is 0 Å². The molecule has 3 aromatic rings. The van der Waals surface area contributed by atoms with Gasteiger partial charge in [0.05, 0.1) is 0 Å². The van der Waals surface area contributed by atoms with Gasteiger partial charge in [-0.15, -0.1) is 0 Å². The van der Waals surface area contributed by atoms with E-state index in [1.807, 2.05) is 12.3 Å². The minimum absolute atomic E-state index is 0.0152. The molecule has 2 aromatic heterocycles. The van der Waals surface area contributed by atoms with Gasteiger partial charge in [-0.25, -0.2) is 0 Å². The lowest BCUT2D eigenvalue weighted by Gasteiger charge is -2.37. The zero-order chi connectivity index (χ0) is 19.3. The molecule has 0 radical (unpaired) electrons. The van der Waals surface area contributed by atoms with Gasteiger partial charge in [-0.2, -0.15) is 5.10 Å². The van der Waals surface area contributed by atoms with Gasteiger partial charge in [0.1, 0.15) is 17.0 Å². The Morgan fingerprint density at radius 1 is 1.18 bits per heavy atom. The number of hydrogen-bond donors (Lipinski definition) is 4. The van der Waals surface area contributed by atoms with Crippen molar-refractivity contribution in [3.05, 3.63) is 48.4 Å². The van der Waals surface area contributed by atoms with Crippen molar-refractivity contribution in [1.29, 1.82) is 0 Å². The molecular weight excluding hydrogens is 358 g/mol. The Morgan fingerprint density at radius 3 is 2.68 bits per heavy atom. The monoisotopic (exact) mass is 379 g/mol. The summed E-state index contributed by atoms with van der Waals surface area (Å²) in [7, 11) is 0. The molecule has 5 rings (SSSR count). The highest BCUT2D eigenvalue weighted by molar-refractivity contribution is 5.98. The number of carbonyl (C=O) groups is 2. The number of benzene rings is 1. The number of hydrogen-bond acceptors (Lipinski definition) is 4. The van der Waals surface area contributed by atoms with Gasteiger partial charge in [0.25, 0.3) is 5.91 Å². The second-order valence-corrected chi connectivity index (χ2v) is 7.75. The Labute approximate surface area is 160 Å². The van der Waals surface area contributed by atoms with Crippen LogP contribution in [0.15, 0.2) is 42.7 Å². The number of aromatic hydroxyl groups is 1. The molecule has 2 saturated carbocycles. The second kappa shape index (κ2) is 6.12. The molecule has 2 heterocycles. The molecule has 0 atom stereocenters. The fraction of sp³-hybridized carbons (Fsp3) is 0.350. The van der Waals surface area contributed by atoms with Crippen LogP contribution in [-0.4, -0.2) is 43.8 Å². The summed E-state index contributed by atoms with van der Waals surface area (Å²) in [6.07, 6.45) is 6.57. The Morgan fingerprint density at radius 2 is 1.96 bits per heavy atom. The van der Waals surface area contributed by atoms with Crippen LogP contribution in [0.3, 0.4) is 0 Å². The number of amides is 2. The molecular formula is C20H21N5O3. The van der Waals surface area contributed by atoms with Gasteiger partial charge in [0.2, 0.25) is 5.91 Å². The van der Waals surface area contributed by atoms with Crippen molar-refractivity contribution in [3.63, 3.8) is 0 Å². The molecule has 144 valence electrons. The van der Waals surface area contributed by atoms with E-state index in [2.05, 4.69) is 20.7 Å². The summed E-state index contributed by atoms with van der Waals surface area (Å²) >= 11 is 0. The summed E-state index contributed by atoms with van der Waals surface area (Å²) in [5.41, 5.74) is 0.743.